The van der Waals surface area contributed by atoms with Crippen LogP contribution in [0.15, 0.2) is 48.8 Å². The average molecular weight is 588 g/mol. The molecule has 1 unspecified atom stereocenters. The van der Waals surface area contributed by atoms with E-state index < -0.39 is 24.0 Å². The van der Waals surface area contributed by atoms with Crippen LogP contribution in [0.1, 0.15) is 23.6 Å². The van der Waals surface area contributed by atoms with E-state index in [0.29, 0.717) is 42.3 Å². The Hall–Kier alpha value is -4.26. The smallest absolute Gasteiger partial charge is 0.497 e. The van der Waals surface area contributed by atoms with Gasteiger partial charge in [0.15, 0.2) is 17.4 Å². The molecule has 1 aromatic heterocycles. The van der Waals surface area contributed by atoms with Gasteiger partial charge in [-0.1, -0.05) is 6.08 Å². The second kappa shape index (κ2) is 11.9. The third kappa shape index (κ3) is 6.30. The Balaban J connectivity index is 1.48. The summed E-state index contributed by atoms with van der Waals surface area (Å²) in [6.07, 6.45) is 0.121. The number of hydrogen-bond acceptors (Lipinski definition) is 9. The van der Waals surface area contributed by atoms with Gasteiger partial charge in [-0.05, 0) is 50.2 Å². The van der Waals surface area contributed by atoms with Gasteiger partial charge in [-0.3, -0.25) is 0 Å². The molecule has 0 aliphatic carbocycles. The number of nitrogens with one attached hydrogen (secondary N) is 1. The lowest BCUT2D eigenvalue weighted by atomic mass is 9.98. The second-order valence-electron chi connectivity index (χ2n) is 9.95. The minimum Gasteiger partial charge on any atom is -0.497 e. The first-order valence-corrected chi connectivity index (χ1v) is 13.2. The molecular weight excluding hydrogens is 556 g/mol. The molecule has 2 aliphatic rings. The highest BCUT2D eigenvalue weighted by atomic mass is 19.4. The third-order valence-corrected chi connectivity index (χ3v) is 7.27. The van der Waals surface area contributed by atoms with E-state index in [1.165, 1.54) is 20.3 Å². The number of benzene rings is 2. The fraction of sp³-hybridized carbons (Fsp3) is 0.345. The Morgan fingerprint density at radius 3 is 2.48 bits per heavy atom. The van der Waals surface area contributed by atoms with Crippen LogP contribution in [-0.2, 0) is 0 Å². The molecule has 1 fully saturated rings. The second-order valence-corrected chi connectivity index (χ2v) is 9.95. The Morgan fingerprint density at radius 1 is 1.02 bits per heavy atom. The standard InChI is InChI=1S/C29H31F4N6O3/c1-18-21(15-20(40-3)16-26(18)41-4)24-6-5-9-39(24)27-22(30)17-34-28(36-27)35-23-14-19(38-12-10-37(2)11-13-38)7-8-25(23)42-29(31,32)33/h5,7-9,14-17,24H,1,6,10-13H2,2-4H3,(H,34,35,36). The maximum Gasteiger partial charge on any atom is 0.573 e. The van der Waals surface area contributed by atoms with Crippen molar-refractivity contribution in [1.29, 1.82) is 0 Å². The molecule has 223 valence electrons. The summed E-state index contributed by atoms with van der Waals surface area (Å²) < 4.78 is 70.1. The monoisotopic (exact) mass is 587 g/mol. The normalized spacial score (nSPS) is 17.5. The molecule has 3 aromatic rings. The van der Waals surface area contributed by atoms with E-state index in [0.717, 1.165) is 24.8 Å². The molecule has 42 heavy (non-hydrogen) atoms. The summed E-state index contributed by atoms with van der Waals surface area (Å²) in [5.74, 6) is -0.287. The fourth-order valence-electron chi connectivity index (χ4n) is 5.06. The van der Waals surface area contributed by atoms with Gasteiger partial charge in [-0.15, -0.1) is 13.2 Å². The first kappa shape index (κ1) is 29.2. The topological polar surface area (TPSA) is 75.2 Å². The minimum absolute atomic E-state index is 0.00704. The SMILES string of the molecule is [CH2]c1c(OC)cc(OC)cc1C1CC=CN1c1nc(Nc2cc(N3CCN(C)CC3)ccc2OC(F)(F)F)ncc1F. The molecule has 2 aromatic carbocycles. The van der Waals surface area contributed by atoms with Crippen molar-refractivity contribution in [2.75, 3.05) is 62.6 Å². The number of alkyl halides is 3. The molecular formula is C29H31F4N6O3. The molecule has 0 saturated carbocycles. The van der Waals surface area contributed by atoms with Crippen molar-refractivity contribution in [2.24, 2.45) is 0 Å². The van der Waals surface area contributed by atoms with Gasteiger partial charge in [0.25, 0.3) is 0 Å². The van der Waals surface area contributed by atoms with Crippen LogP contribution in [0.25, 0.3) is 0 Å². The molecule has 1 radical (unpaired) electrons. The van der Waals surface area contributed by atoms with Crippen molar-refractivity contribution >= 4 is 23.1 Å². The number of methoxy groups -OCH3 is 2. The van der Waals surface area contributed by atoms with Crippen LogP contribution in [-0.4, -0.2) is 68.7 Å². The molecule has 1 saturated heterocycles. The number of hydrogen-bond donors (Lipinski definition) is 1. The highest BCUT2D eigenvalue weighted by Crippen LogP contribution is 2.41. The minimum atomic E-state index is -4.92. The molecule has 9 nitrogen and oxygen atoms in total. The lowest BCUT2D eigenvalue weighted by Gasteiger charge is -2.34. The highest BCUT2D eigenvalue weighted by molar-refractivity contribution is 5.70. The van der Waals surface area contributed by atoms with Gasteiger partial charge in [-0.2, -0.15) is 4.98 Å². The van der Waals surface area contributed by atoms with Crippen molar-refractivity contribution < 1.29 is 31.8 Å². The van der Waals surface area contributed by atoms with Gasteiger partial charge >= 0.3 is 6.36 Å². The van der Waals surface area contributed by atoms with Crippen molar-refractivity contribution in [3.63, 3.8) is 0 Å². The summed E-state index contributed by atoms with van der Waals surface area (Å²) in [4.78, 5) is 14.2. The number of ether oxygens (including phenoxy) is 3. The van der Waals surface area contributed by atoms with Gasteiger partial charge in [0.1, 0.15) is 11.5 Å². The van der Waals surface area contributed by atoms with Crippen molar-refractivity contribution in [2.45, 2.75) is 18.8 Å². The molecule has 1 N–H and O–H groups in total. The Kier molecular flexibility index (Phi) is 8.30. The van der Waals surface area contributed by atoms with Crippen LogP contribution in [0.3, 0.4) is 0 Å². The molecule has 13 heteroatoms. The van der Waals surface area contributed by atoms with Crippen molar-refractivity contribution in [1.82, 2.24) is 14.9 Å². The molecule has 3 heterocycles. The zero-order valence-corrected chi connectivity index (χ0v) is 23.4. The number of nitrogens with zero attached hydrogens (tertiary/aromatic N) is 5. The third-order valence-electron chi connectivity index (χ3n) is 7.27. The summed E-state index contributed by atoms with van der Waals surface area (Å²) in [6.45, 7) is 7.18. The van der Waals surface area contributed by atoms with Crippen molar-refractivity contribution in [3.8, 4) is 17.2 Å². The van der Waals surface area contributed by atoms with E-state index in [2.05, 4.69) is 36.7 Å². The lowest BCUT2D eigenvalue weighted by Crippen LogP contribution is -2.44. The molecule has 0 spiro atoms. The quantitative estimate of drug-likeness (QED) is 0.336. The number of rotatable bonds is 8. The Bertz CT molecular complexity index is 1460. The summed E-state index contributed by atoms with van der Waals surface area (Å²) in [6, 6.07) is 7.49. The van der Waals surface area contributed by atoms with Gasteiger partial charge in [0.2, 0.25) is 5.95 Å². The van der Waals surface area contributed by atoms with Gasteiger partial charge < -0.3 is 34.2 Å². The van der Waals surface area contributed by atoms with Gasteiger partial charge in [0.05, 0.1) is 32.1 Å². The number of likely N-dealkylation sites (N-methyl/N-ethyl adjacent to an activating group) is 1. The first-order valence-electron chi connectivity index (χ1n) is 13.2. The fourth-order valence-corrected chi connectivity index (χ4v) is 5.06. The number of piperazine rings is 1. The molecule has 2 aliphatic heterocycles. The van der Waals surface area contributed by atoms with Crippen molar-refractivity contribution in [3.05, 3.63) is 72.7 Å². The maximum atomic E-state index is 15.2. The molecule has 1 atom stereocenters. The maximum absolute atomic E-state index is 15.2. The van der Waals surface area contributed by atoms with Crippen LogP contribution in [0.4, 0.5) is 40.7 Å². The predicted octanol–water partition coefficient (Wildman–Crippen LogP) is 5.67. The van der Waals surface area contributed by atoms with E-state index in [1.807, 2.05) is 13.1 Å². The summed E-state index contributed by atoms with van der Waals surface area (Å²) >= 11 is 0. The summed E-state index contributed by atoms with van der Waals surface area (Å²) in [5.41, 5.74) is 2.05. The van der Waals surface area contributed by atoms with Gasteiger partial charge in [-0.25, -0.2) is 9.37 Å². The molecule has 0 bridgehead atoms. The van der Waals surface area contributed by atoms with E-state index in [1.54, 1.807) is 35.4 Å². The zero-order valence-electron chi connectivity index (χ0n) is 23.4. The summed E-state index contributed by atoms with van der Waals surface area (Å²) in [5, 5.41) is 2.82. The van der Waals surface area contributed by atoms with Crippen LogP contribution in [0.5, 0.6) is 17.2 Å². The van der Waals surface area contributed by atoms with Crippen LogP contribution in [0, 0.1) is 12.7 Å². The van der Waals surface area contributed by atoms with E-state index >= 15 is 4.39 Å². The van der Waals surface area contributed by atoms with Crippen LogP contribution in [0.2, 0.25) is 0 Å². The Morgan fingerprint density at radius 2 is 1.79 bits per heavy atom. The molecule has 0 amide bonds. The predicted molar refractivity (Wildman–Crippen MR) is 151 cm³/mol. The number of anilines is 4. The highest BCUT2D eigenvalue weighted by Gasteiger charge is 2.33. The number of halogens is 4. The largest absolute Gasteiger partial charge is 0.573 e. The van der Waals surface area contributed by atoms with Crippen LogP contribution >= 0.6 is 0 Å². The average Bonchev–Trinajstić information content (AvgIpc) is 3.44. The lowest BCUT2D eigenvalue weighted by molar-refractivity contribution is -0.274. The Labute approximate surface area is 241 Å². The zero-order chi connectivity index (χ0) is 30.0. The summed E-state index contributed by atoms with van der Waals surface area (Å²) in [7, 11) is 5.07. The van der Waals surface area contributed by atoms with E-state index in [-0.39, 0.29) is 17.5 Å². The van der Waals surface area contributed by atoms with Crippen LogP contribution < -0.4 is 29.3 Å². The number of aromatic nitrogens is 2. The van der Waals surface area contributed by atoms with E-state index in [4.69, 9.17) is 9.47 Å². The molecule has 5 rings (SSSR count). The van der Waals surface area contributed by atoms with E-state index in [9.17, 15) is 13.2 Å². The van der Waals surface area contributed by atoms with Gasteiger partial charge in [0, 0.05) is 49.7 Å². The first-order chi connectivity index (χ1) is 20.1.